The number of aromatic nitrogens is 3. The van der Waals surface area contributed by atoms with Gasteiger partial charge < -0.3 is 9.80 Å². The van der Waals surface area contributed by atoms with Gasteiger partial charge in [-0.05, 0) is 54.1 Å². The molecule has 0 bridgehead atoms. The Kier molecular flexibility index (Phi) is 7.93. The Morgan fingerprint density at radius 2 is 1.59 bits per heavy atom. The third-order valence-electron chi connectivity index (χ3n) is 6.11. The first kappa shape index (κ1) is 26.8. The molecule has 0 amide bonds. The van der Waals surface area contributed by atoms with E-state index in [2.05, 4.69) is 24.8 Å². The standard InChI is InChI=1S/C26H22F4N6O2S/c27-19-9-7-17(8-10-19)23-22(18-4-3-5-20(16-18)39-38-37-31)24(34-25(33-23)26(28,29)30)36-14-12-35(13-15-36)21-6-1-2-11-32-21/h1-11,16H,12-15,31H2. The number of halogens is 4. The number of anilines is 2. The monoisotopic (exact) mass is 558 g/mol. The largest absolute Gasteiger partial charge is 0.451 e. The van der Waals surface area contributed by atoms with Crippen LogP contribution in [-0.2, 0) is 15.5 Å². The summed E-state index contributed by atoms with van der Waals surface area (Å²) in [6, 6.07) is 17.6. The van der Waals surface area contributed by atoms with Gasteiger partial charge in [0.25, 0.3) is 0 Å². The summed E-state index contributed by atoms with van der Waals surface area (Å²) >= 11 is 0.835. The maximum absolute atomic E-state index is 14.1. The van der Waals surface area contributed by atoms with E-state index < -0.39 is 17.8 Å². The van der Waals surface area contributed by atoms with Gasteiger partial charge in [-0.1, -0.05) is 18.2 Å². The van der Waals surface area contributed by atoms with Crippen molar-refractivity contribution in [2.24, 2.45) is 5.90 Å². The lowest BCUT2D eigenvalue weighted by molar-refractivity contribution is -0.195. The minimum atomic E-state index is -4.80. The van der Waals surface area contributed by atoms with E-state index in [1.807, 2.05) is 18.2 Å². The number of hydrogen-bond donors (Lipinski definition) is 1. The van der Waals surface area contributed by atoms with Crippen LogP contribution in [0.3, 0.4) is 0 Å². The quantitative estimate of drug-likeness (QED) is 0.136. The van der Waals surface area contributed by atoms with Crippen molar-refractivity contribution in [1.29, 1.82) is 0 Å². The van der Waals surface area contributed by atoms with Crippen LogP contribution in [0.2, 0.25) is 0 Å². The van der Waals surface area contributed by atoms with Crippen molar-refractivity contribution in [3.05, 3.63) is 84.6 Å². The number of pyridine rings is 1. The van der Waals surface area contributed by atoms with Crippen molar-refractivity contribution >= 4 is 23.7 Å². The van der Waals surface area contributed by atoms with Crippen molar-refractivity contribution < 1.29 is 26.9 Å². The Labute approximate surface area is 225 Å². The highest BCUT2D eigenvalue weighted by atomic mass is 32.2. The molecule has 8 nitrogen and oxygen atoms in total. The lowest BCUT2D eigenvalue weighted by Crippen LogP contribution is -2.47. The van der Waals surface area contributed by atoms with Crippen LogP contribution >= 0.6 is 12.0 Å². The second-order valence-electron chi connectivity index (χ2n) is 8.54. The number of hydrogen-bond acceptors (Lipinski definition) is 9. The number of alkyl halides is 3. The van der Waals surface area contributed by atoms with Gasteiger partial charge in [-0.2, -0.15) is 19.1 Å². The normalized spacial score (nSPS) is 14.1. The topological polar surface area (TPSA) is 89.6 Å². The molecule has 2 N–H and O–H groups in total. The van der Waals surface area contributed by atoms with Crippen LogP contribution in [0.5, 0.6) is 0 Å². The zero-order valence-corrected chi connectivity index (χ0v) is 21.1. The van der Waals surface area contributed by atoms with Gasteiger partial charge >= 0.3 is 6.18 Å². The van der Waals surface area contributed by atoms with E-state index in [-0.39, 0.29) is 11.5 Å². The zero-order valence-electron chi connectivity index (χ0n) is 20.3. The third-order valence-corrected chi connectivity index (χ3v) is 6.70. The van der Waals surface area contributed by atoms with Crippen LogP contribution in [0.4, 0.5) is 29.2 Å². The molecule has 0 unspecified atom stereocenters. The minimum Gasteiger partial charge on any atom is -0.353 e. The molecule has 2 aromatic heterocycles. The van der Waals surface area contributed by atoms with Gasteiger partial charge in [-0.15, -0.1) is 9.32 Å². The molecule has 0 aliphatic carbocycles. The summed E-state index contributed by atoms with van der Waals surface area (Å²) in [6.45, 7) is 1.81. The molecule has 0 spiro atoms. The Morgan fingerprint density at radius 3 is 2.26 bits per heavy atom. The Bertz CT molecular complexity index is 1420. The first-order valence-corrected chi connectivity index (χ1v) is 12.5. The zero-order chi connectivity index (χ0) is 27.4. The summed E-state index contributed by atoms with van der Waals surface area (Å²) in [5.74, 6) is 4.06. The van der Waals surface area contributed by atoms with Crippen molar-refractivity contribution in [2.75, 3.05) is 36.0 Å². The van der Waals surface area contributed by atoms with E-state index in [1.165, 1.54) is 24.3 Å². The summed E-state index contributed by atoms with van der Waals surface area (Å²) < 4.78 is 60.6. The molecule has 0 radical (unpaired) electrons. The van der Waals surface area contributed by atoms with Gasteiger partial charge in [0.1, 0.15) is 17.5 Å². The summed E-state index contributed by atoms with van der Waals surface area (Å²) in [4.78, 5) is 21.0. The molecule has 4 aromatic rings. The van der Waals surface area contributed by atoms with Crippen LogP contribution < -0.4 is 15.7 Å². The van der Waals surface area contributed by atoms with Crippen molar-refractivity contribution in [2.45, 2.75) is 11.1 Å². The Balaban J connectivity index is 1.64. The molecule has 1 aliphatic heterocycles. The molecule has 202 valence electrons. The van der Waals surface area contributed by atoms with Crippen molar-refractivity contribution in [3.8, 4) is 22.4 Å². The average molecular weight is 559 g/mol. The van der Waals surface area contributed by atoms with Gasteiger partial charge in [0.2, 0.25) is 5.82 Å². The predicted molar refractivity (Wildman–Crippen MR) is 139 cm³/mol. The molecule has 13 heteroatoms. The van der Waals surface area contributed by atoms with Crippen LogP contribution in [0, 0.1) is 5.82 Å². The fourth-order valence-electron chi connectivity index (χ4n) is 4.34. The van der Waals surface area contributed by atoms with E-state index in [0.29, 0.717) is 47.8 Å². The smallest absolute Gasteiger partial charge is 0.353 e. The van der Waals surface area contributed by atoms with Gasteiger partial charge in [-0.25, -0.2) is 19.3 Å². The molecule has 2 aromatic carbocycles. The number of benzene rings is 2. The maximum Gasteiger partial charge on any atom is 0.451 e. The number of rotatable bonds is 7. The molecule has 0 saturated carbocycles. The summed E-state index contributed by atoms with van der Waals surface area (Å²) in [5, 5.41) is 0. The molecule has 3 heterocycles. The van der Waals surface area contributed by atoms with Gasteiger partial charge in [-0.3, -0.25) is 0 Å². The highest BCUT2D eigenvalue weighted by molar-refractivity contribution is 7.94. The summed E-state index contributed by atoms with van der Waals surface area (Å²) in [7, 11) is 0. The van der Waals surface area contributed by atoms with Crippen LogP contribution in [0.25, 0.3) is 22.4 Å². The number of nitrogens with two attached hydrogens (primary N) is 1. The van der Waals surface area contributed by atoms with Gasteiger partial charge in [0, 0.05) is 42.8 Å². The summed E-state index contributed by atoms with van der Waals surface area (Å²) in [6.07, 6.45) is -3.11. The molecule has 1 aliphatic rings. The average Bonchev–Trinajstić information content (AvgIpc) is 2.96. The van der Waals surface area contributed by atoms with E-state index in [0.717, 1.165) is 17.9 Å². The second-order valence-corrected chi connectivity index (χ2v) is 9.31. The van der Waals surface area contributed by atoms with Crippen LogP contribution in [0.15, 0.2) is 77.8 Å². The maximum atomic E-state index is 14.1. The first-order chi connectivity index (χ1) is 18.8. The molecule has 5 rings (SSSR count). The Hall–Kier alpha value is -3.78. The van der Waals surface area contributed by atoms with E-state index >= 15 is 0 Å². The molecule has 39 heavy (non-hydrogen) atoms. The van der Waals surface area contributed by atoms with E-state index in [9.17, 15) is 17.6 Å². The molecular weight excluding hydrogens is 536 g/mol. The van der Waals surface area contributed by atoms with Crippen LogP contribution in [-0.4, -0.2) is 41.1 Å². The summed E-state index contributed by atoms with van der Waals surface area (Å²) in [5.41, 5.74) is 1.25. The minimum absolute atomic E-state index is 0.0256. The molecule has 1 fully saturated rings. The van der Waals surface area contributed by atoms with Crippen LogP contribution in [0.1, 0.15) is 5.82 Å². The lowest BCUT2D eigenvalue weighted by atomic mass is 9.98. The SMILES string of the molecule is NOOSc1cccc(-c2c(-c3ccc(F)cc3)nc(C(F)(F)F)nc2N2CCN(c3ccccn3)CC2)c1. The third kappa shape index (κ3) is 6.11. The molecular formula is C26H22F4N6O2S. The number of nitrogens with zero attached hydrogens (tertiary/aromatic N) is 5. The Morgan fingerprint density at radius 1 is 0.846 bits per heavy atom. The van der Waals surface area contributed by atoms with Crippen molar-refractivity contribution in [1.82, 2.24) is 15.0 Å². The number of piperazine rings is 1. The lowest BCUT2D eigenvalue weighted by Gasteiger charge is -2.37. The van der Waals surface area contributed by atoms with Gasteiger partial charge in [0.15, 0.2) is 0 Å². The highest BCUT2D eigenvalue weighted by Gasteiger charge is 2.38. The second kappa shape index (κ2) is 11.5. The molecule has 0 atom stereocenters. The fourth-order valence-corrected chi connectivity index (χ4v) is 4.76. The van der Waals surface area contributed by atoms with E-state index in [4.69, 9.17) is 10.2 Å². The first-order valence-electron chi connectivity index (χ1n) is 11.8. The van der Waals surface area contributed by atoms with E-state index in [1.54, 1.807) is 35.4 Å². The fraction of sp³-hybridized carbons (Fsp3) is 0.192. The predicted octanol–water partition coefficient (Wildman–Crippen LogP) is 5.52. The van der Waals surface area contributed by atoms with Crippen molar-refractivity contribution in [3.63, 3.8) is 0 Å². The van der Waals surface area contributed by atoms with Gasteiger partial charge in [0.05, 0.1) is 23.3 Å². The highest BCUT2D eigenvalue weighted by Crippen LogP contribution is 2.41. The molecule has 1 saturated heterocycles.